The van der Waals surface area contributed by atoms with Crippen molar-refractivity contribution in [2.24, 2.45) is 18.7 Å². The number of nitrogens with zero attached hydrogens (tertiary/aromatic N) is 2. The summed E-state index contributed by atoms with van der Waals surface area (Å²) < 4.78 is 29.9. The van der Waals surface area contributed by atoms with E-state index in [1.165, 1.54) is 24.3 Å². The van der Waals surface area contributed by atoms with Gasteiger partial charge >= 0.3 is 6.03 Å². The number of sulfonamides is 1. The molecule has 1 fully saturated rings. The third kappa shape index (κ3) is 4.03. The van der Waals surface area contributed by atoms with Crippen molar-refractivity contribution in [1.29, 1.82) is 0 Å². The molecule has 3 rings (SSSR count). The normalized spacial score (nSPS) is 21.0. The van der Waals surface area contributed by atoms with E-state index in [0.717, 1.165) is 5.56 Å². The minimum absolute atomic E-state index is 0.000207. The maximum Gasteiger partial charge on any atom is 0.316 e. The zero-order valence-electron chi connectivity index (χ0n) is 14.2. The number of carbonyl (C=O) groups excluding carboxylic acids is 1. The molecule has 0 radical (unpaired) electrons. The minimum atomic E-state index is -3.79. The standard InChI is InChI=1S/C16H21N5O4S/c1-21-9-11(8-18-21)15(10-6-13(22)7-10)20-26(24,25)14-4-2-12(3-5-14)19-16(17)23/h2-5,8-10,13,15,20,22H,6-7H2,1H3,(H3,17,19,23)/t10?,13?,15-/m1/s1. The number of hydrogen-bond donors (Lipinski definition) is 4. The fourth-order valence-electron chi connectivity index (χ4n) is 3.03. The predicted octanol–water partition coefficient (Wildman–Crippen LogP) is 0.701. The minimum Gasteiger partial charge on any atom is -0.393 e. The Morgan fingerprint density at radius 2 is 2.00 bits per heavy atom. The van der Waals surface area contributed by atoms with Crippen molar-refractivity contribution in [3.8, 4) is 0 Å². The molecule has 0 unspecified atom stereocenters. The number of aryl methyl sites for hydroxylation is 1. The molecule has 1 aromatic carbocycles. The lowest BCUT2D eigenvalue weighted by atomic mass is 9.76. The van der Waals surface area contributed by atoms with Crippen molar-refractivity contribution in [1.82, 2.24) is 14.5 Å². The van der Waals surface area contributed by atoms with Crippen LogP contribution < -0.4 is 15.8 Å². The first-order valence-electron chi connectivity index (χ1n) is 8.10. The molecule has 1 aromatic heterocycles. The fourth-order valence-corrected chi connectivity index (χ4v) is 4.33. The van der Waals surface area contributed by atoms with Crippen LogP contribution in [-0.4, -0.2) is 35.4 Å². The monoisotopic (exact) mass is 379 g/mol. The first kappa shape index (κ1) is 18.4. The van der Waals surface area contributed by atoms with Crippen LogP contribution in [0.1, 0.15) is 24.4 Å². The number of benzene rings is 1. The number of aliphatic hydroxyl groups excluding tert-OH is 1. The van der Waals surface area contributed by atoms with E-state index in [4.69, 9.17) is 5.73 Å². The van der Waals surface area contributed by atoms with E-state index in [9.17, 15) is 18.3 Å². The van der Waals surface area contributed by atoms with Gasteiger partial charge < -0.3 is 16.2 Å². The van der Waals surface area contributed by atoms with E-state index in [2.05, 4.69) is 15.1 Å². The maximum atomic E-state index is 12.8. The highest BCUT2D eigenvalue weighted by atomic mass is 32.2. The summed E-state index contributed by atoms with van der Waals surface area (Å²) in [5.41, 5.74) is 6.19. The highest BCUT2D eigenvalue weighted by Crippen LogP contribution is 2.38. The quantitative estimate of drug-likeness (QED) is 0.585. The third-order valence-corrected chi connectivity index (χ3v) is 5.88. The Morgan fingerprint density at radius 3 is 2.50 bits per heavy atom. The molecular formula is C16H21N5O4S. The van der Waals surface area contributed by atoms with Crippen molar-refractivity contribution >= 4 is 21.7 Å². The van der Waals surface area contributed by atoms with E-state index in [-0.39, 0.29) is 10.8 Å². The number of carbonyl (C=O) groups is 1. The van der Waals surface area contributed by atoms with Crippen LogP contribution in [0.2, 0.25) is 0 Å². The Balaban J connectivity index is 1.81. The second kappa shape index (κ2) is 7.06. The SMILES string of the molecule is Cn1cc([C@H](NS(=O)(=O)c2ccc(NC(N)=O)cc2)C2CC(O)C2)cn1. The van der Waals surface area contributed by atoms with Gasteiger partial charge in [0, 0.05) is 24.5 Å². The molecule has 0 aliphatic heterocycles. The first-order chi connectivity index (χ1) is 12.2. The van der Waals surface area contributed by atoms with Crippen LogP contribution >= 0.6 is 0 Å². The van der Waals surface area contributed by atoms with Gasteiger partial charge in [-0.25, -0.2) is 17.9 Å². The molecule has 1 saturated carbocycles. The van der Waals surface area contributed by atoms with Gasteiger partial charge in [-0.3, -0.25) is 4.68 Å². The maximum absolute atomic E-state index is 12.8. The molecule has 0 saturated heterocycles. The molecule has 26 heavy (non-hydrogen) atoms. The van der Waals surface area contributed by atoms with Gasteiger partial charge in [0.15, 0.2) is 0 Å². The Hall–Kier alpha value is -2.43. The topological polar surface area (TPSA) is 139 Å². The van der Waals surface area contributed by atoms with Gasteiger partial charge in [0.1, 0.15) is 0 Å². The lowest BCUT2D eigenvalue weighted by Crippen LogP contribution is -2.41. The van der Waals surface area contributed by atoms with Crippen molar-refractivity contribution in [2.45, 2.75) is 29.9 Å². The number of rotatable bonds is 6. The fraction of sp³-hybridized carbons (Fsp3) is 0.375. The largest absolute Gasteiger partial charge is 0.393 e. The van der Waals surface area contributed by atoms with Gasteiger partial charge in [0.05, 0.1) is 23.2 Å². The van der Waals surface area contributed by atoms with E-state index >= 15 is 0 Å². The smallest absolute Gasteiger partial charge is 0.316 e. The van der Waals surface area contributed by atoms with Crippen LogP contribution in [-0.2, 0) is 17.1 Å². The van der Waals surface area contributed by atoms with Gasteiger partial charge in [0.2, 0.25) is 10.0 Å². The van der Waals surface area contributed by atoms with Crippen molar-refractivity contribution in [2.75, 3.05) is 5.32 Å². The number of aromatic nitrogens is 2. The number of nitrogens with one attached hydrogen (secondary N) is 2. The zero-order chi connectivity index (χ0) is 18.9. The van der Waals surface area contributed by atoms with Gasteiger partial charge in [0.25, 0.3) is 0 Å². The Kier molecular flexibility index (Phi) is 4.99. The van der Waals surface area contributed by atoms with Crippen molar-refractivity contribution in [3.05, 3.63) is 42.2 Å². The molecular weight excluding hydrogens is 358 g/mol. The molecule has 5 N–H and O–H groups in total. The highest BCUT2D eigenvalue weighted by Gasteiger charge is 2.37. The lowest BCUT2D eigenvalue weighted by molar-refractivity contribution is 0.0280. The van der Waals surface area contributed by atoms with Crippen LogP contribution in [0.15, 0.2) is 41.6 Å². The number of primary amides is 1. The molecule has 2 amide bonds. The van der Waals surface area contributed by atoms with E-state index in [1.807, 2.05) is 0 Å². The van der Waals surface area contributed by atoms with E-state index < -0.39 is 28.2 Å². The average molecular weight is 379 g/mol. The number of anilines is 1. The Bertz CT molecular complexity index is 888. The number of nitrogens with two attached hydrogens (primary N) is 1. The second-order valence-corrected chi connectivity index (χ2v) is 8.16. The first-order valence-corrected chi connectivity index (χ1v) is 9.58. The molecule has 2 aromatic rings. The summed E-state index contributed by atoms with van der Waals surface area (Å²) in [6.45, 7) is 0. The molecule has 140 valence electrons. The molecule has 0 spiro atoms. The van der Waals surface area contributed by atoms with Gasteiger partial charge in [-0.15, -0.1) is 0 Å². The van der Waals surface area contributed by atoms with Crippen LogP contribution in [0.25, 0.3) is 0 Å². The summed E-state index contributed by atoms with van der Waals surface area (Å²) in [6.07, 6.45) is 4.05. The van der Waals surface area contributed by atoms with E-state index in [0.29, 0.717) is 18.5 Å². The van der Waals surface area contributed by atoms with Crippen molar-refractivity contribution < 1.29 is 18.3 Å². The van der Waals surface area contributed by atoms with Crippen LogP contribution in [0.3, 0.4) is 0 Å². The summed E-state index contributed by atoms with van der Waals surface area (Å²) in [5, 5.41) is 16.1. The molecule has 9 nitrogen and oxygen atoms in total. The molecule has 1 aliphatic rings. The molecule has 1 atom stereocenters. The molecule has 1 aliphatic carbocycles. The number of amides is 2. The molecule has 0 bridgehead atoms. The number of urea groups is 1. The Labute approximate surface area is 151 Å². The summed E-state index contributed by atoms with van der Waals surface area (Å²) in [7, 11) is -2.04. The number of aliphatic hydroxyl groups is 1. The van der Waals surface area contributed by atoms with Crippen LogP contribution in [0, 0.1) is 5.92 Å². The molecule has 10 heteroatoms. The zero-order valence-corrected chi connectivity index (χ0v) is 15.0. The predicted molar refractivity (Wildman–Crippen MR) is 94.6 cm³/mol. The summed E-state index contributed by atoms with van der Waals surface area (Å²) >= 11 is 0. The van der Waals surface area contributed by atoms with Gasteiger partial charge in [-0.05, 0) is 43.0 Å². The third-order valence-electron chi connectivity index (χ3n) is 4.42. The van der Waals surface area contributed by atoms with Crippen molar-refractivity contribution in [3.63, 3.8) is 0 Å². The summed E-state index contributed by atoms with van der Waals surface area (Å²) in [6, 6.07) is 4.52. The average Bonchev–Trinajstić information content (AvgIpc) is 2.96. The summed E-state index contributed by atoms with van der Waals surface area (Å²) in [5.74, 6) is -0.000207. The Morgan fingerprint density at radius 1 is 1.35 bits per heavy atom. The van der Waals surface area contributed by atoms with Crippen LogP contribution in [0.5, 0.6) is 0 Å². The second-order valence-electron chi connectivity index (χ2n) is 6.45. The molecule has 1 heterocycles. The number of hydrogen-bond acceptors (Lipinski definition) is 5. The van der Waals surface area contributed by atoms with E-state index in [1.54, 1.807) is 24.1 Å². The summed E-state index contributed by atoms with van der Waals surface area (Å²) in [4.78, 5) is 10.9. The van der Waals surface area contributed by atoms with Gasteiger partial charge in [-0.2, -0.15) is 5.10 Å². The lowest BCUT2D eigenvalue weighted by Gasteiger charge is -2.37. The highest BCUT2D eigenvalue weighted by molar-refractivity contribution is 7.89. The van der Waals surface area contributed by atoms with Crippen LogP contribution in [0.4, 0.5) is 10.5 Å². The van der Waals surface area contributed by atoms with Gasteiger partial charge in [-0.1, -0.05) is 0 Å².